The van der Waals surface area contributed by atoms with E-state index < -0.39 is 5.60 Å². The highest BCUT2D eigenvalue weighted by Gasteiger charge is 2.36. The number of amides is 1. The van der Waals surface area contributed by atoms with Gasteiger partial charge in [0, 0.05) is 39.3 Å². The number of anilines is 1. The molecular formula is C23H34FN5O3. The average Bonchev–Trinajstić information content (AvgIpc) is 3.14. The number of hydrogen-bond acceptors (Lipinski definition) is 7. The highest BCUT2D eigenvalue weighted by atomic mass is 19.1. The number of carbonyl (C=O) groups is 1. The average molecular weight is 448 g/mol. The molecule has 1 aromatic carbocycles. The summed E-state index contributed by atoms with van der Waals surface area (Å²) in [5.41, 5.74) is 0.937. The summed E-state index contributed by atoms with van der Waals surface area (Å²) in [6, 6.07) is 5.46. The standard InChI is InChI=1S/C23H34FN5O3/c1-23(2,3)32-22(31)28-10-11-29-17(15-28)14-26-21(29)25-13-16-4-5-20(19(24)12-16)27-8-6-18(30)7-9-27/h4-5,12,17-18,30H,6-11,13-15H2,1-3H3,(H,25,26). The summed E-state index contributed by atoms with van der Waals surface area (Å²) in [6.45, 7) is 9.90. The summed E-state index contributed by atoms with van der Waals surface area (Å²) in [5.74, 6) is 0.561. The van der Waals surface area contributed by atoms with Gasteiger partial charge in [0.05, 0.1) is 24.4 Å². The van der Waals surface area contributed by atoms with Crippen LogP contribution in [0.2, 0.25) is 0 Å². The molecule has 176 valence electrons. The number of nitrogens with one attached hydrogen (secondary N) is 1. The van der Waals surface area contributed by atoms with E-state index in [2.05, 4.69) is 15.2 Å². The molecule has 0 bridgehead atoms. The molecule has 2 N–H and O–H groups in total. The van der Waals surface area contributed by atoms with Gasteiger partial charge in [-0.15, -0.1) is 0 Å². The van der Waals surface area contributed by atoms with Crippen molar-refractivity contribution < 1.29 is 19.0 Å². The molecule has 1 amide bonds. The molecule has 3 heterocycles. The lowest BCUT2D eigenvalue weighted by molar-refractivity contribution is 0.0137. The second-order valence-corrected chi connectivity index (χ2v) is 9.80. The van der Waals surface area contributed by atoms with Crippen LogP contribution in [0.4, 0.5) is 14.9 Å². The zero-order valence-corrected chi connectivity index (χ0v) is 19.2. The van der Waals surface area contributed by atoms with Crippen LogP contribution >= 0.6 is 0 Å². The summed E-state index contributed by atoms with van der Waals surface area (Å²) in [7, 11) is 0. The molecule has 3 aliphatic rings. The third-order valence-corrected chi connectivity index (χ3v) is 6.13. The van der Waals surface area contributed by atoms with E-state index in [9.17, 15) is 14.3 Å². The molecule has 0 radical (unpaired) electrons. The molecule has 1 aromatic rings. The molecule has 1 atom stereocenters. The van der Waals surface area contributed by atoms with Gasteiger partial charge in [0.25, 0.3) is 0 Å². The number of aliphatic hydroxyl groups is 1. The number of ether oxygens (including phenoxy) is 1. The van der Waals surface area contributed by atoms with E-state index in [4.69, 9.17) is 4.74 Å². The number of guanidine groups is 1. The first-order valence-corrected chi connectivity index (χ1v) is 11.4. The zero-order valence-electron chi connectivity index (χ0n) is 19.2. The van der Waals surface area contributed by atoms with Gasteiger partial charge in [0.2, 0.25) is 0 Å². The van der Waals surface area contributed by atoms with Crippen LogP contribution in [0.3, 0.4) is 0 Å². The van der Waals surface area contributed by atoms with Crippen molar-refractivity contribution in [3.8, 4) is 0 Å². The van der Waals surface area contributed by atoms with Gasteiger partial charge in [0.1, 0.15) is 11.4 Å². The number of aliphatic imine (C=N–C) groups is 1. The van der Waals surface area contributed by atoms with E-state index in [1.54, 1.807) is 11.0 Å². The third kappa shape index (κ3) is 5.26. The highest BCUT2D eigenvalue weighted by Crippen LogP contribution is 2.25. The van der Waals surface area contributed by atoms with E-state index in [0.29, 0.717) is 64.3 Å². The third-order valence-electron chi connectivity index (χ3n) is 6.13. The quantitative estimate of drug-likeness (QED) is 0.739. The van der Waals surface area contributed by atoms with Crippen molar-refractivity contribution in [2.45, 2.75) is 57.9 Å². The van der Waals surface area contributed by atoms with Crippen molar-refractivity contribution in [3.05, 3.63) is 29.6 Å². The lowest BCUT2D eigenvalue weighted by atomic mass is 10.1. The Balaban J connectivity index is 1.29. The van der Waals surface area contributed by atoms with Gasteiger partial charge >= 0.3 is 6.09 Å². The summed E-state index contributed by atoms with van der Waals surface area (Å²) in [5, 5.41) is 13.0. The van der Waals surface area contributed by atoms with E-state index in [0.717, 1.165) is 11.5 Å². The smallest absolute Gasteiger partial charge is 0.410 e. The Morgan fingerprint density at radius 2 is 2.00 bits per heavy atom. The molecule has 2 fully saturated rings. The number of piperidine rings is 1. The number of carbonyl (C=O) groups excluding carboxylic acids is 1. The van der Waals surface area contributed by atoms with Gasteiger partial charge < -0.3 is 29.9 Å². The monoisotopic (exact) mass is 447 g/mol. The van der Waals surface area contributed by atoms with Crippen molar-refractivity contribution in [2.75, 3.05) is 44.2 Å². The molecule has 0 spiro atoms. The molecule has 1 unspecified atom stereocenters. The molecule has 32 heavy (non-hydrogen) atoms. The molecule has 4 rings (SSSR count). The number of fused-ring (bicyclic) bond motifs is 1. The lowest BCUT2D eigenvalue weighted by Gasteiger charge is -2.39. The molecular weight excluding hydrogens is 413 g/mol. The number of hydrogen-bond donors (Lipinski definition) is 2. The van der Waals surface area contributed by atoms with Gasteiger partial charge in [-0.3, -0.25) is 4.99 Å². The fourth-order valence-electron chi connectivity index (χ4n) is 4.43. The van der Waals surface area contributed by atoms with Crippen LogP contribution in [0.25, 0.3) is 0 Å². The topological polar surface area (TPSA) is 80.6 Å². The molecule has 0 saturated carbocycles. The normalized spacial score (nSPS) is 22.0. The summed E-state index contributed by atoms with van der Waals surface area (Å²) in [4.78, 5) is 22.9. The van der Waals surface area contributed by atoms with Crippen LogP contribution in [0, 0.1) is 5.82 Å². The minimum Gasteiger partial charge on any atom is -0.444 e. The second kappa shape index (κ2) is 9.13. The van der Waals surface area contributed by atoms with E-state index >= 15 is 0 Å². The van der Waals surface area contributed by atoms with Crippen LogP contribution in [-0.2, 0) is 11.3 Å². The Morgan fingerprint density at radius 3 is 2.69 bits per heavy atom. The van der Waals surface area contributed by atoms with E-state index in [1.807, 2.05) is 37.8 Å². The van der Waals surface area contributed by atoms with Crippen molar-refractivity contribution in [1.29, 1.82) is 0 Å². The summed E-state index contributed by atoms with van der Waals surface area (Å²) in [6.07, 6.45) is 0.785. The predicted octanol–water partition coefficient (Wildman–Crippen LogP) is 2.17. The van der Waals surface area contributed by atoms with Gasteiger partial charge in [-0.05, 0) is 51.3 Å². The number of aliphatic hydroxyl groups excluding tert-OH is 1. The lowest BCUT2D eigenvalue weighted by Crippen LogP contribution is -2.57. The summed E-state index contributed by atoms with van der Waals surface area (Å²) < 4.78 is 20.2. The Morgan fingerprint density at radius 1 is 1.25 bits per heavy atom. The van der Waals surface area contributed by atoms with Gasteiger partial charge in [-0.2, -0.15) is 0 Å². The molecule has 3 aliphatic heterocycles. The fraction of sp³-hybridized carbons (Fsp3) is 0.652. The van der Waals surface area contributed by atoms with Gasteiger partial charge in [-0.25, -0.2) is 9.18 Å². The van der Waals surface area contributed by atoms with Gasteiger partial charge in [0.15, 0.2) is 5.96 Å². The Bertz CT molecular complexity index is 864. The Kier molecular flexibility index (Phi) is 6.46. The van der Waals surface area contributed by atoms with Crippen LogP contribution in [0.5, 0.6) is 0 Å². The van der Waals surface area contributed by atoms with Crippen molar-refractivity contribution in [3.63, 3.8) is 0 Å². The number of rotatable bonds is 3. The minimum atomic E-state index is -0.507. The van der Waals surface area contributed by atoms with Crippen molar-refractivity contribution in [2.24, 2.45) is 4.99 Å². The predicted molar refractivity (Wildman–Crippen MR) is 121 cm³/mol. The van der Waals surface area contributed by atoms with Gasteiger partial charge in [-0.1, -0.05) is 6.07 Å². The van der Waals surface area contributed by atoms with Crippen LogP contribution in [0.1, 0.15) is 39.2 Å². The largest absolute Gasteiger partial charge is 0.444 e. The van der Waals surface area contributed by atoms with Crippen LogP contribution in [-0.4, -0.2) is 84.0 Å². The number of nitrogens with zero attached hydrogens (tertiary/aromatic N) is 4. The summed E-state index contributed by atoms with van der Waals surface area (Å²) >= 11 is 0. The first kappa shape index (κ1) is 22.6. The fourth-order valence-corrected chi connectivity index (χ4v) is 4.43. The number of halogens is 1. The maximum absolute atomic E-state index is 14.7. The van der Waals surface area contributed by atoms with Crippen LogP contribution in [0.15, 0.2) is 23.2 Å². The molecule has 2 saturated heterocycles. The van der Waals surface area contributed by atoms with E-state index in [-0.39, 0.29) is 24.1 Å². The molecule has 0 aliphatic carbocycles. The first-order chi connectivity index (χ1) is 15.2. The zero-order chi connectivity index (χ0) is 22.9. The highest BCUT2D eigenvalue weighted by molar-refractivity contribution is 5.82. The van der Waals surface area contributed by atoms with Crippen molar-refractivity contribution >= 4 is 17.7 Å². The molecule has 9 heteroatoms. The van der Waals surface area contributed by atoms with Crippen molar-refractivity contribution in [1.82, 2.24) is 15.1 Å². The Labute approximate surface area is 189 Å². The molecule has 0 aromatic heterocycles. The minimum absolute atomic E-state index is 0.132. The maximum Gasteiger partial charge on any atom is 0.410 e. The second-order valence-electron chi connectivity index (χ2n) is 9.80. The van der Waals surface area contributed by atoms with E-state index in [1.165, 1.54) is 0 Å². The SMILES string of the molecule is CC(C)(C)OC(=O)N1CCN2C(NCc3ccc(N4CCC(O)CC4)c(F)c3)=NCC2C1. The number of piperazine rings is 1. The number of benzene rings is 1. The Hall–Kier alpha value is -2.55. The van der Waals surface area contributed by atoms with Crippen LogP contribution < -0.4 is 10.2 Å². The molecule has 8 nitrogen and oxygen atoms in total. The first-order valence-electron chi connectivity index (χ1n) is 11.4. The maximum atomic E-state index is 14.7.